The number of halogens is 4. The van der Waals surface area contributed by atoms with E-state index >= 15 is 0 Å². The molecule has 0 aliphatic carbocycles. The van der Waals surface area contributed by atoms with E-state index in [1.807, 2.05) is 0 Å². The largest absolute Gasteiger partial charge is 0.449 e. The van der Waals surface area contributed by atoms with Crippen LogP contribution >= 0.6 is 0 Å². The topological polar surface area (TPSA) is 52.6 Å². The quantitative estimate of drug-likeness (QED) is 0.788. The first-order valence-corrected chi connectivity index (χ1v) is 5.43. The van der Waals surface area contributed by atoms with Crippen molar-refractivity contribution in [2.45, 2.75) is 6.18 Å². The standard InChI is InChI=1S/C8H6F4O4S/c9-6-3-1-2-4-7(6)16-17(13,14)15-5-8(10,11)12/h1-4H,5H2. The molecule has 17 heavy (non-hydrogen) atoms. The Balaban J connectivity index is 2.71. The van der Waals surface area contributed by atoms with Gasteiger partial charge in [0.1, 0.15) is 0 Å². The molecule has 0 bridgehead atoms. The third-order valence-electron chi connectivity index (χ3n) is 1.40. The molecule has 96 valence electrons. The maximum Gasteiger partial charge on any atom is 0.449 e. The van der Waals surface area contributed by atoms with E-state index in [1.165, 1.54) is 12.1 Å². The molecule has 0 aromatic heterocycles. The molecule has 4 nitrogen and oxygen atoms in total. The van der Waals surface area contributed by atoms with Crippen molar-refractivity contribution >= 4 is 10.4 Å². The van der Waals surface area contributed by atoms with Crippen LogP contribution in [0.1, 0.15) is 0 Å². The molecule has 1 rings (SSSR count). The minimum atomic E-state index is -4.95. The number of hydrogen-bond acceptors (Lipinski definition) is 4. The number of rotatable bonds is 4. The zero-order chi connectivity index (χ0) is 13.1. The highest BCUT2D eigenvalue weighted by Gasteiger charge is 2.32. The number of hydrogen-bond donors (Lipinski definition) is 0. The van der Waals surface area contributed by atoms with Crippen LogP contribution in [0.3, 0.4) is 0 Å². The monoisotopic (exact) mass is 274 g/mol. The van der Waals surface area contributed by atoms with Crippen molar-refractivity contribution in [3.05, 3.63) is 30.1 Å². The highest BCUT2D eigenvalue weighted by atomic mass is 32.3. The van der Waals surface area contributed by atoms with Gasteiger partial charge in [0.15, 0.2) is 18.2 Å². The molecule has 0 N–H and O–H groups in total. The van der Waals surface area contributed by atoms with Crippen LogP contribution in [-0.2, 0) is 14.6 Å². The second-order valence-electron chi connectivity index (χ2n) is 2.80. The van der Waals surface area contributed by atoms with Crippen LogP contribution < -0.4 is 4.18 Å². The smallest absolute Gasteiger partial charge is 0.359 e. The van der Waals surface area contributed by atoms with Crippen molar-refractivity contribution in [3.63, 3.8) is 0 Å². The van der Waals surface area contributed by atoms with Crippen molar-refractivity contribution in [3.8, 4) is 5.75 Å². The van der Waals surface area contributed by atoms with Gasteiger partial charge in [-0.15, -0.1) is 0 Å². The van der Waals surface area contributed by atoms with Crippen LogP contribution in [0.15, 0.2) is 24.3 Å². The van der Waals surface area contributed by atoms with Crippen molar-refractivity contribution in [1.29, 1.82) is 0 Å². The third-order valence-corrected chi connectivity index (χ3v) is 2.19. The van der Waals surface area contributed by atoms with E-state index in [-0.39, 0.29) is 0 Å². The van der Waals surface area contributed by atoms with Gasteiger partial charge in [-0.2, -0.15) is 21.6 Å². The summed E-state index contributed by atoms with van der Waals surface area (Å²) in [4.78, 5) is 0. The summed E-state index contributed by atoms with van der Waals surface area (Å²) in [7, 11) is -4.95. The lowest BCUT2D eigenvalue weighted by Gasteiger charge is -2.09. The number of alkyl halides is 3. The van der Waals surface area contributed by atoms with Crippen LogP contribution in [0.25, 0.3) is 0 Å². The fraction of sp³-hybridized carbons (Fsp3) is 0.250. The molecule has 0 unspecified atom stereocenters. The van der Waals surface area contributed by atoms with Crippen LogP contribution in [0, 0.1) is 5.82 Å². The van der Waals surface area contributed by atoms with Gasteiger partial charge in [-0.05, 0) is 12.1 Å². The molecule has 0 saturated carbocycles. The molecule has 1 aromatic carbocycles. The number of para-hydroxylation sites is 1. The van der Waals surface area contributed by atoms with Gasteiger partial charge in [-0.1, -0.05) is 12.1 Å². The predicted molar refractivity (Wildman–Crippen MR) is 48.0 cm³/mol. The molecule has 1 aromatic rings. The summed E-state index contributed by atoms with van der Waals surface area (Å²) in [5.41, 5.74) is 0. The van der Waals surface area contributed by atoms with Gasteiger partial charge in [0, 0.05) is 0 Å². The highest BCUT2D eigenvalue weighted by molar-refractivity contribution is 7.82. The Morgan fingerprint density at radius 3 is 2.29 bits per heavy atom. The summed E-state index contributed by atoms with van der Waals surface area (Å²) >= 11 is 0. The fourth-order valence-corrected chi connectivity index (χ4v) is 1.47. The Bertz CT molecular complexity index is 483. The summed E-state index contributed by atoms with van der Waals surface area (Å²) in [6.07, 6.45) is -4.83. The third kappa shape index (κ3) is 5.00. The maximum atomic E-state index is 12.9. The zero-order valence-corrected chi connectivity index (χ0v) is 8.89. The fourth-order valence-electron chi connectivity index (χ4n) is 0.785. The molecule has 0 aliphatic rings. The van der Waals surface area contributed by atoms with Gasteiger partial charge in [0.05, 0.1) is 0 Å². The predicted octanol–water partition coefficient (Wildman–Crippen LogP) is 2.03. The van der Waals surface area contributed by atoms with E-state index in [9.17, 15) is 26.0 Å². The van der Waals surface area contributed by atoms with Crippen LogP contribution in [0.2, 0.25) is 0 Å². The molecule has 0 heterocycles. The first-order chi connectivity index (χ1) is 7.70. The Kier molecular flexibility index (Phi) is 3.94. The van der Waals surface area contributed by atoms with Gasteiger partial charge in [0.25, 0.3) is 0 Å². The summed E-state index contributed by atoms with van der Waals surface area (Å²) < 4.78 is 77.3. The van der Waals surface area contributed by atoms with E-state index in [4.69, 9.17) is 0 Å². The molecule has 0 spiro atoms. The van der Waals surface area contributed by atoms with Crippen molar-refractivity contribution in [1.82, 2.24) is 0 Å². The zero-order valence-electron chi connectivity index (χ0n) is 8.07. The van der Waals surface area contributed by atoms with Crippen molar-refractivity contribution in [2.24, 2.45) is 0 Å². The van der Waals surface area contributed by atoms with E-state index in [0.717, 1.165) is 12.1 Å². The van der Waals surface area contributed by atoms with Gasteiger partial charge in [-0.25, -0.2) is 8.57 Å². The van der Waals surface area contributed by atoms with Gasteiger partial charge in [-0.3, -0.25) is 0 Å². The first kappa shape index (κ1) is 13.7. The van der Waals surface area contributed by atoms with Gasteiger partial charge < -0.3 is 4.18 Å². The van der Waals surface area contributed by atoms with Crippen molar-refractivity contribution < 1.29 is 34.3 Å². The Morgan fingerprint density at radius 2 is 1.76 bits per heavy atom. The Morgan fingerprint density at radius 1 is 1.18 bits per heavy atom. The summed E-state index contributed by atoms with van der Waals surface area (Å²) in [6, 6.07) is 4.32. The van der Waals surface area contributed by atoms with E-state index < -0.39 is 34.7 Å². The van der Waals surface area contributed by atoms with Gasteiger partial charge in [0.2, 0.25) is 0 Å². The van der Waals surface area contributed by atoms with E-state index in [0.29, 0.717) is 0 Å². The maximum absolute atomic E-state index is 12.9. The first-order valence-electron chi connectivity index (χ1n) is 4.10. The molecule has 9 heteroatoms. The Labute approximate surface area is 94.1 Å². The normalized spacial score (nSPS) is 12.5. The molecule has 0 fully saturated rings. The lowest BCUT2D eigenvalue weighted by atomic mass is 10.3. The highest BCUT2D eigenvalue weighted by Crippen LogP contribution is 2.20. The minimum absolute atomic E-state index is 0.741. The number of benzene rings is 1. The Hall–Kier alpha value is -1.35. The molecule has 0 atom stereocenters. The van der Waals surface area contributed by atoms with Crippen LogP contribution in [-0.4, -0.2) is 21.2 Å². The van der Waals surface area contributed by atoms with E-state index in [2.05, 4.69) is 8.37 Å². The SMILES string of the molecule is O=S(=O)(OCC(F)(F)F)Oc1ccccc1F. The molecular weight excluding hydrogens is 268 g/mol. The second-order valence-corrected chi connectivity index (χ2v) is 4.02. The molecule has 0 radical (unpaired) electrons. The van der Waals surface area contributed by atoms with E-state index in [1.54, 1.807) is 0 Å². The molecular formula is C8H6F4O4S. The van der Waals surface area contributed by atoms with Crippen LogP contribution in [0.4, 0.5) is 17.6 Å². The lowest BCUT2D eigenvalue weighted by Crippen LogP contribution is -2.23. The molecule has 0 saturated heterocycles. The molecule has 0 amide bonds. The average molecular weight is 274 g/mol. The minimum Gasteiger partial charge on any atom is -0.359 e. The molecule has 0 aliphatic heterocycles. The van der Waals surface area contributed by atoms with Gasteiger partial charge >= 0.3 is 16.6 Å². The lowest BCUT2D eigenvalue weighted by molar-refractivity contribution is -0.153. The summed E-state index contributed by atoms with van der Waals surface area (Å²) in [6.45, 7) is -2.04. The summed E-state index contributed by atoms with van der Waals surface area (Å²) in [5, 5.41) is 0. The van der Waals surface area contributed by atoms with Crippen molar-refractivity contribution in [2.75, 3.05) is 6.61 Å². The van der Waals surface area contributed by atoms with Crippen LogP contribution in [0.5, 0.6) is 5.75 Å². The second kappa shape index (κ2) is 4.88. The summed E-state index contributed by atoms with van der Waals surface area (Å²) in [5.74, 6) is -1.78. The average Bonchev–Trinajstić information content (AvgIpc) is 2.18.